The maximum atomic E-state index is 13.4. The van der Waals surface area contributed by atoms with Gasteiger partial charge in [0.15, 0.2) is 11.5 Å². The highest BCUT2D eigenvalue weighted by molar-refractivity contribution is 7.93. The number of methoxy groups -OCH3 is 3. The number of carbonyl (C=O) groups excluding carboxylic acids is 1. The molecule has 0 radical (unpaired) electrons. The first-order valence-electron chi connectivity index (χ1n) is 9.34. The third kappa shape index (κ3) is 4.73. The van der Waals surface area contributed by atoms with Crippen LogP contribution in [0.3, 0.4) is 0 Å². The molecule has 3 rings (SSSR count). The number of halogens is 1. The Morgan fingerprint density at radius 2 is 1.85 bits per heavy atom. The van der Waals surface area contributed by atoms with E-state index in [0.717, 1.165) is 11.3 Å². The van der Waals surface area contributed by atoms with Crippen molar-refractivity contribution in [1.82, 2.24) is 5.16 Å². The van der Waals surface area contributed by atoms with Gasteiger partial charge in [-0.1, -0.05) is 16.8 Å². The van der Waals surface area contributed by atoms with Crippen LogP contribution in [0.4, 0.5) is 5.88 Å². The minimum atomic E-state index is -4.32. The maximum Gasteiger partial charge on any atom is 0.336 e. The monoisotopic (exact) mass is 530 g/mol. The van der Waals surface area contributed by atoms with E-state index in [-0.39, 0.29) is 49.0 Å². The van der Waals surface area contributed by atoms with Crippen LogP contribution in [0, 0.1) is 6.92 Å². The van der Waals surface area contributed by atoms with Gasteiger partial charge in [0.05, 0.1) is 24.7 Å². The number of hydrogen-bond acceptors (Lipinski definition) is 10. The number of thiophene rings is 1. The molecule has 0 saturated heterocycles. The van der Waals surface area contributed by atoms with Crippen molar-refractivity contribution in [3.63, 3.8) is 0 Å². The van der Waals surface area contributed by atoms with Gasteiger partial charge in [-0.3, -0.25) is 4.79 Å². The number of ether oxygens (including phenoxy) is 3. The molecule has 1 atom stereocenters. The van der Waals surface area contributed by atoms with E-state index >= 15 is 0 Å². The van der Waals surface area contributed by atoms with E-state index in [0.29, 0.717) is 0 Å². The molecule has 0 bridgehead atoms. The largest absolute Gasteiger partial charge is 0.493 e. The molecule has 2 N–H and O–H groups in total. The van der Waals surface area contributed by atoms with Crippen molar-refractivity contribution in [1.29, 1.82) is 0 Å². The first-order chi connectivity index (χ1) is 16.0. The van der Waals surface area contributed by atoms with Crippen molar-refractivity contribution < 1.29 is 41.8 Å². The highest BCUT2D eigenvalue weighted by atomic mass is 35.5. The zero-order valence-electron chi connectivity index (χ0n) is 18.2. The fourth-order valence-electron chi connectivity index (χ4n) is 3.08. The van der Waals surface area contributed by atoms with Crippen molar-refractivity contribution in [3.8, 4) is 11.5 Å². The molecule has 11 nitrogen and oxygen atoms in total. The van der Waals surface area contributed by atoms with E-state index in [4.69, 9.17) is 30.3 Å². The zero-order chi connectivity index (χ0) is 25.2. The fraction of sp³-hybridized carbons (Fsp3) is 0.250. The summed E-state index contributed by atoms with van der Waals surface area (Å²) in [6, 6.07) is 3.71. The number of carboxylic acid groups (broad SMARTS) is 1. The maximum absolute atomic E-state index is 13.4. The summed E-state index contributed by atoms with van der Waals surface area (Å²) in [6.07, 6.45) is -1.46. The highest BCUT2D eigenvalue weighted by Crippen LogP contribution is 2.37. The standard InChI is InChI=1S/C20H19ClN2O9S2/c1-9-15(21)19(32-22-9)23-34(27,28)14-5-6-33-18(14)16(24)17(31-4)10-7-12(29-2)13(30-3)8-11(10)20(25)26/h5-8,17,23H,1-4H3,(H,25,26). The summed E-state index contributed by atoms with van der Waals surface area (Å²) >= 11 is 6.83. The molecule has 2 heterocycles. The number of sulfonamides is 1. The number of carbonyl (C=O) groups is 2. The second-order valence-corrected chi connectivity index (χ2v) is 9.66. The summed E-state index contributed by atoms with van der Waals surface area (Å²) in [4.78, 5) is 24.7. The number of benzene rings is 1. The first kappa shape index (κ1) is 25.5. The van der Waals surface area contributed by atoms with E-state index < -0.39 is 27.9 Å². The van der Waals surface area contributed by atoms with Crippen LogP contribution in [-0.4, -0.2) is 51.8 Å². The van der Waals surface area contributed by atoms with Crippen LogP contribution in [0.5, 0.6) is 11.5 Å². The number of carboxylic acids is 1. The summed E-state index contributed by atoms with van der Waals surface area (Å²) in [6.45, 7) is 1.52. The van der Waals surface area contributed by atoms with Gasteiger partial charge in [0.2, 0.25) is 5.78 Å². The Morgan fingerprint density at radius 3 is 2.38 bits per heavy atom. The molecule has 2 aromatic heterocycles. The minimum absolute atomic E-state index is 0.0297. The van der Waals surface area contributed by atoms with Gasteiger partial charge in [0.25, 0.3) is 15.9 Å². The lowest BCUT2D eigenvalue weighted by atomic mass is 9.97. The van der Waals surface area contributed by atoms with E-state index in [1.165, 1.54) is 51.8 Å². The number of ketones is 1. The molecule has 14 heteroatoms. The first-order valence-corrected chi connectivity index (χ1v) is 12.1. The molecular formula is C20H19ClN2O9S2. The van der Waals surface area contributed by atoms with Gasteiger partial charge in [0, 0.05) is 12.7 Å². The fourth-order valence-corrected chi connectivity index (χ4v) is 5.64. The van der Waals surface area contributed by atoms with Gasteiger partial charge in [0.1, 0.15) is 21.7 Å². The third-order valence-corrected chi connectivity index (χ3v) is 7.58. The van der Waals surface area contributed by atoms with Crippen molar-refractivity contribution in [2.24, 2.45) is 0 Å². The number of aryl methyl sites for hydroxylation is 1. The number of aromatic carboxylic acids is 1. The summed E-state index contributed by atoms with van der Waals surface area (Å²) in [5.41, 5.74) is -0.0489. The van der Waals surface area contributed by atoms with Crippen molar-refractivity contribution in [3.05, 3.63) is 50.3 Å². The summed E-state index contributed by atoms with van der Waals surface area (Å²) < 4.78 is 48.7. The lowest BCUT2D eigenvalue weighted by Gasteiger charge is -2.19. The molecule has 0 fully saturated rings. The SMILES string of the molecule is COc1cc(C(=O)O)c(C(OC)C(=O)c2sccc2S(=O)(=O)Nc2onc(C)c2Cl)cc1OC. The third-order valence-electron chi connectivity index (χ3n) is 4.70. The normalized spacial score (nSPS) is 12.3. The predicted octanol–water partition coefficient (Wildman–Crippen LogP) is 3.78. The molecule has 0 aliphatic heterocycles. The van der Waals surface area contributed by atoms with Crippen LogP contribution in [0.25, 0.3) is 0 Å². The topological polar surface area (TPSA) is 154 Å². The second-order valence-electron chi connectivity index (χ2n) is 6.71. The summed E-state index contributed by atoms with van der Waals surface area (Å²) in [5, 5.41) is 14.6. The molecule has 1 aromatic carbocycles. The summed E-state index contributed by atoms with van der Waals surface area (Å²) in [5.74, 6) is -2.14. The Labute approximate surface area is 203 Å². The van der Waals surface area contributed by atoms with Gasteiger partial charge in [-0.25, -0.2) is 17.9 Å². The van der Waals surface area contributed by atoms with Crippen LogP contribution >= 0.6 is 22.9 Å². The van der Waals surface area contributed by atoms with Crippen LogP contribution in [0.15, 0.2) is 33.0 Å². The van der Waals surface area contributed by atoms with Crippen molar-refractivity contribution >= 4 is 50.6 Å². The highest BCUT2D eigenvalue weighted by Gasteiger charge is 2.34. The number of anilines is 1. The Hall–Kier alpha value is -3.13. The van der Waals surface area contributed by atoms with Crippen LogP contribution in [0.2, 0.25) is 5.02 Å². The molecule has 3 aromatic rings. The number of nitrogens with zero attached hydrogens (tertiary/aromatic N) is 1. The summed E-state index contributed by atoms with van der Waals surface area (Å²) in [7, 11) is -0.449. The second kappa shape index (κ2) is 10.0. The van der Waals surface area contributed by atoms with Gasteiger partial charge in [-0.2, -0.15) is 0 Å². The van der Waals surface area contributed by atoms with Crippen LogP contribution in [0.1, 0.15) is 37.4 Å². The molecule has 0 spiro atoms. The van der Waals surface area contributed by atoms with Crippen LogP contribution < -0.4 is 14.2 Å². The quantitative estimate of drug-likeness (QED) is 0.370. The van der Waals surface area contributed by atoms with Crippen molar-refractivity contribution in [2.75, 3.05) is 26.1 Å². The molecule has 0 aliphatic carbocycles. The number of hydrogen-bond donors (Lipinski definition) is 2. The lowest BCUT2D eigenvalue weighted by Crippen LogP contribution is -2.21. The molecule has 0 amide bonds. The van der Waals surface area contributed by atoms with E-state index in [2.05, 4.69) is 9.88 Å². The Bertz CT molecular complexity index is 1350. The number of aromatic nitrogens is 1. The van der Waals surface area contributed by atoms with E-state index in [1.54, 1.807) is 0 Å². The van der Waals surface area contributed by atoms with E-state index in [9.17, 15) is 23.1 Å². The lowest BCUT2D eigenvalue weighted by molar-refractivity contribution is 0.0588. The Kier molecular flexibility index (Phi) is 7.51. The Balaban J connectivity index is 2.07. The van der Waals surface area contributed by atoms with Crippen LogP contribution in [-0.2, 0) is 14.8 Å². The number of Topliss-reactive ketones (excluding diaryl/α,β-unsaturated/α-hetero) is 1. The molecule has 182 valence electrons. The minimum Gasteiger partial charge on any atom is -0.493 e. The molecule has 34 heavy (non-hydrogen) atoms. The molecule has 0 aliphatic rings. The number of rotatable bonds is 10. The van der Waals surface area contributed by atoms with Gasteiger partial charge < -0.3 is 23.8 Å². The molecule has 0 saturated carbocycles. The van der Waals surface area contributed by atoms with E-state index in [1.807, 2.05) is 0 Å². The smallest absolute Gasteiger partial charge is 0.336 e. The average molecular weight is 531 g/mol. The van der Waals surface area contributed by atoms with Crippen molar-refractivity contribution in [2.45, 2.75) is 17.9 Å². The Morgan fingerprint density at radius 1 is 1.21 bits per heavy atom. The average Bonchev–Trinajstić information content (AvgIpc) is 3.42. The van der Waals surface area contributed by atoms with Gasteiger partial charge >= 0.3 is 5.97 Å². The van der Waals surface area contributed by atoms with Gasteiger partial charge in [-0.05, 0) is 30.5 Å². The van der Waals surface area contributed by atoms with Gasteiger partial charge in [-0.15, -0.1) is 11.3 Å². The predicted molar refractivity (Wildman–Crippen MR) is 122 cm³/mol. The molecule has 1 unspecified atom stereocenters. The molecular weight excluding hydrogens is 512 g/mol. The zero-order valence-corrected chi connectivity index (χ0v) is 20.6. The number of nitrogens with one attached hydrogen (secondary N) is 1.